The Morgan fingerprint density at radius 3 is 2.64 bits per heavy atom. The van der Waals surface area contributed by atoms with Crippen molar-refractivity contribution in [2.24, 2.45) is 0 Å². The van der Waals surface area contributed by atoms with Crippen molar-refractivity contribution in [3.8, 4) is 0 Å². The maximum absolute atomic E-state index is 12.2. The van der Waals surface area contributed by atoms with E-state index in [1.54, 1.807) is 11.1 Å². The van der Waals surface area contributed by atoms with Crippen molar-refractivity contribution in [1.82, 2.24) is 25.1 Å². The molecule has 28 heavy (non-hydrogen) atoms. The van der Waals surface area contributed by atoms with E-state index in [9.17, 15) is 4.79 Å². The molecule has 2 aliphatic rings. The summed E-state index contributed by atoms with van der Waals surface area (Å²) in [6.45, 7) is 8.12. The van der Waals surface area contributed by atoms with E-state index in [-0.39, 0.29) is 6.09 Å². The summed E-state index contributed by atoms with van der Waals surface area (Å²) in [6.07, 6.45) is 3.93. The van der Waals surface area contributed by atoms with E-state index in [0.29, 0.717) is 43.9 Å². The quantitative estimate of drug-likeness (QED) is 0.835. The summed E-state index contributed by atoms with van der Waals surface area (Å²) in [5.74, 6) is 2.74. The van der Waals surface area contributed by atoms with Crippen LogP contribution in [0.1, 0.15) is 45.2 Å². The molecule has 0 radical (unpaired) electrons. The lowest BCUT2D eigenvalue weighted by Gasteiger charge is -2.35. The summed E-state index contributed by atoms with van der Waals surface area (Å²) in [5, 5.41) is 10.6. The summed E-state index contributed by atoms with van der Waals surface area (Å²) in [4.78, 5) is 25.0. The topological polar surface area (TPSA) is 99.3 Å². The minimum absolute atomic E-state index is 0.270. The zero-order chi connectivity index (χ0) is 19.7. The van der Waals surface area contributed by atoms with Crippen LogP contribution >= 0.6 is 0 Å². The summed E-state index contributed by atoms with van der Waals surface area (Å²) >= 11 is 0. The van der Waals surface area contributed by atoms with Gasteiger partial charge < -0.3 is 19.9 Å². The summed E-state index contributed by atoms with van der Waals surface area (Å²) in [7, 11) is 0. The molecular weight excluding hydrogens is 358 g/mol. The minimum atomic E-state index is -0.483. The van der Waals surface area contributed by atoms with Gasteiger partial charge in [0.05, 0.1) is 0 Å². The van der Waals surface area contributed by atoms with Crippen LogP contribution in [-0.4, -0.2) is 62.9 Å². The van der Waals surface area contributed by atoms with E-state index in [0.717, 1.165) is 5.82 Å². The predicted molar refractivity (Wildman–Crippen MR) is 106 cm³/mol. The van der Waals surface area contributed by atoms with Crippen LogP contribution < -0.4 is 10.2 Å². The number of H-pyrrole nitrogens is 1. The largest absolute Gasteiger partial charge is 0.444 e. The highest BCUT2D eigenvalue weighted by atomic mass is 16.6. The third-order valence-corrected chi connectivity index (χ3v) is 4.73. The van der Waals surface area contributed by atoms with Gasteiger partial charge in [-0.15, -0.1) is 0 Å². The van der Waals surface area contributed by atoms with E-state index in [1.165, 1.54) is 18.5 Å². The molecule has 1 aliphatic heterocycles. The molecule has 0 bridgehead atoms. The zero-order valence-electron chi connectivity index (χ0n) is 16.6. The van der Waals surface area contributed by atoms with Gasteiger partial charge in [-0.05, 0) is 39.7 Å². The van der Waals surface area contributed by atoms with Crippen LogP contribution in [0.25, 0.3) is 0 Å². The summed E-state index contributed by atoms with van der Waals surface area (Å²) in [5.41, 5.74) is 0.693. The van der Waals surface area contributed by atoms with Gasteiger partial charge in [-0.3, -0.25) is 5.10 Å². The van der Waals surface area contributed by atoms with Gasteiger partial charge in [0, 0.05) is 50.1 Å². The highest BCUT2D eigenvalue weighted by Gasteiger charge is 2.27. The van der Waals surface area contributed by atoms with Gasteiger partial charge in [0.15, 0.2) is 5.82 Å². The second-order valence-electron chi connectivity index (χ2n) is 8.30. The molecule has 2 aromatic rings. The SMILES string of the molecule is CC(C)(C)OC(=O)N1CCN(c2nccc(Nc3cc(C4CC4)[nH]n3)n2)CC1. The first-order valence-corrected chi connectivity index (χ1v) is 9.76. The van der Waals surface area contributed by atoms with Crippen molar-refractivity contribution in [3.05, 3.63) is 24.0 Å². The van der Waals surface area contributed by atoms with E-state index < -0.39 is 5.60 Å². The van der Waals surface area contributed by atoms with Crippen molar-refractivity contribution < 1.29 is 9.53 Å². The molecule has 2 aromatic heterocycles. The Labute approximate surface area is 164 Å². The Bertz CT molecular complexity index is 833. The molecule has 2 N–H and O–H groups in total. The number of carbonyl (C=O) groups is 1. The Morgan fingerprint density at radius 2 is 1.96 bits per heavy atom. The molecule has 0 aromatic carbocycles. The molecule has 1 saturated heterocycles. The molecule has 0 unspecified atom stereocenters. The van der Waals surface area contributed by atoms with Gasteiger partial charge in [0.1, 0.15) is 11.4 Å². The van der Waals surface area contributed by atoms with Crippen LogP contribution in [0.3, 0.4) is 0 Å². The Kier molecular flexibility index (Phi) is 4.82. The van der Waals surface area contributed by atoms with Gasteiger partial charge in [-0.2, -0.15) is 10.1 Å². The number of piperazine rings is 1. The maximum Gasteiger partial charge on any atom is 0.410 e. The van der Waals surface area contributed by atoms with Crippen LogP contribution in [0, 0.1) is 0 Å². The van der Waals surface area contributed by atoms with Gasteiger partial charge in [-0.25, -0.2) is 9.78 Å². The van der Waals surface area contributed by atoms with Gasteiger partial charge in [0.2, 0.25) is 5.95 Å². The highest BCUT2D eigenvalue weighted by Crippen LogP contribution is 2.39. The number of nitrogens with one attached hydrogen (secondary N) is 2. The predicted octanol–water partition coefficient (Wildman–Crippen LogP) is 2.88. The molecule has 3 heterocycles. The fourth-order valence-electron chi connectivity index (χ4n) is 3.12. The first kappa shape index (κ1) is 18.5. The Balaban J connectivity index is 1.35. The van der Waals surface area contributed by atoms with Crippen molar-refractivity contribution in [3.63, 3.8) is 0 Å². The van der Waals surface area contributed by atoms with Crippen LogP contribution in [0.5, 0.6) is 0 Å². The lowest BCUT2D eigenvalue weighted by atomic mass is 10.2. The zero-order valence-corrected chi connectivity index (χ0v) is 16.6. The van der Waals surface area contributed by atoms with Crippen molar-refractivity contribution in [1.29, 1.82) is 0 Å². The van der Waals surface area contributed by atoms with E-state index in [2.05, 4.69) is 30.4 Å². The molecule has 9 nitrogen and oxygen atoms in total. The monoisotopic (exact) mass is 385 g/mol. The van der Waals surface area contributed by atoms with Crippen LogP contribution in [0.15, 0.2) is 18.3 Å². The lowest BCUT2D eigenvalue weighted by Crippen LogP contribution is -2.50. The number of carbonyl (C=O) groups excluding carboxylic acids is 1. The number of hydrogen-bond acceptors (Lipinski definition) is 7. The molecule has 4 rings (SSSR count). The summed E-state index contributed by atoms with van der Waals surface area (Å²) < 4.78 is 5.44. The molecule has 1 aliphatic carbocycles. The minimum Gasteiger partial charge on any atom is -0.444 e. The normalized spacial score (nSPS) is 17.5. The number of nitrogens with zero attached hydrogens (tertiary/aromatic N) is 5. The number of hydrogen-bond donors (Lipinski definition) is 2. The van der Waals surface area contributed by atoms with E-state index in [1.807, 2.05) is 32.9 Å². The molecule has 2 fully saturated rings. The molecule has 0 atom stereocenters. The number of amides is 1. The van der Waals surface area contributed by atoms with Crippen LogP contribution in [0.4, 0.5) is 22.4 Å². The smallest absolute Gasteiger partial charge is 0.410 e. The average Bonchev–Trinajstić information content (AvgIpc) is 3.40. The molecule has 1 amide bonds. The standard InChI is InChI=1S/C19H27N7O2/c1-19(2,3)28-18(27)26-10-8-25(9-11-26)17-20-7-6-15(22-17)21-16-12-14(23-24-16)13-4-5-13/h6-7,12-13H,4-5,8-11H2,1-3H3,(H2,20,21,22,23,24). The Morgan fingerprint density at radius 1 is 1.21 bits per heavy atom. The fraction of sp³-hybridized carbons (Fsp3) is 0.579. The molecule has 150 valence electrons. The number of aromatic nitrogens is 4. The fourth-order valence-corrected chi connectivity index (χ4v) is 3.12. The molecule has 9 heteroatoms. The first-order valence-electron chi connectivity index (χ1n) is 9.76. The molecular formula is C19H27N7O2. The third kappa shape index (κ3) is 4.52. The summed E-state index contributed by atoms with van der Waals surface area (Å²) in [6, 6.07) is 3.87. The maximum atomic E-state index is 12.2. The Hall–Kier alpha value is -2.84. The van der Waals surface area contributed by atoms with Gasteiger partial charge in [0.25, 0.3) is 0 Å². The first-order chi connectivity index (χ1) is 13.4. The highest BCUT2D eigenvalue weighted by molar-refractivity contribution is 5.68. The molecule has 0 spiro atoms. The number of aromatic amines is 1. The second-order valence-corrected chi connectivity index (χ2v) is 8.30. The van der Waals surface area contributed by atoms with Crippen molar-refractivity contribution >= 4 is 23.7 Å². The molecule has 1 saturated carbocycles. The number of anilines is 3. The average molecular weight is 385 g/mol. The van der Waals surface area contributed by atoms with E-state index in [4.69, 9.17) is 4.74 Å². The second kappa shape index (κ2) is 7.29. The lowest BCUT2D eigenvalue weighted by molar-refractivity contribution is 0.0240. The van der Waals surface area contributed by atoms with Crippen molar-refractivity contribution in [2.75, 3.05) is 36.4 Å². The number of ether oxygens (including phenoxy) is 1. The van der Waals surface area contributed by atoms with Gasteiger partial charge in [-0.1, -0.05) is 0 Å². The van der Waals surface area contributed by atoms with E-state index >= 15 is 0 Å². The van der Waals surface area contributed by atoms with Crippen molar-refractivity contribution in [2.45, 2.75) is 45.1 Å². The van der Waals surface area contributed by atoms with Gasteiger partial charge >= 0.3 is 6.09 Å². The van der Waals surface area contributed by atoms with Crippen LogP contribution in [0.2, 0.25) is 0 Å². The third-order valence-electron chi connectivity index (χ3n) is 4.73. The number of rotatable bonds is 4. The van der Waals surface area contributed by atoms with Crippen LogP contribution in [-0.2, 0) is 4.74 Å².